The second-order valence-corrected chi connectivity index (χ2v) is 8.52. The Bertz CT molecular complexity index is 1040. The third-order valence-corrected chi connectivity index (χ3v) is 6.41. The molecule has 9 nitrogen and oxygen atoms in total. The van der Waals surface area contributed by atoms with E-state index in [1.54, 1.807) is 7.11 Å². The second kappa shape index (κ2) is 11.1. The number of para-hydroxylation sites is 1. The van der Waals surface area contributed by atoms with E-state index >= 15 is 0 Å². The van der Waals surface area contributed by atoms with Gasteiger partial charge in [-0.05, 0) is 36.4 Å². The summed E-state index contributed by atoms with van der Waals surface area (Å²) in [6.07, 6.45) is 0. The zero-order chi connectivity index (χ0) is 23.0. The zero-order valence-corrected chi connectivity index (χ0v) is 19.4. The average Bonchev–Trinajstić information content (AvgIpc) is 3.23. The lowest BCUT2D eigenvalue weighted by Crippen LogP contribution is -2.50. The van der Waals surface area contributed by atoms with Crippen LogP contribution in [-0.2, 0) is 4.79 Å². The molecule has 0 aliphatic carbocycles. The van der Waals surface area contributed by atoms with Crippen LogP contribution < -0.4 is 15.3 Å². The fourth-order valence-electron chi connectivity index (χ4n) is 3.56. The van der Waals surface area contributed by atoms with Crippen LogP contribution in [-0.4, -0.2) is 82.8 Å². The van der Waals surface area contributed by atoms with Gasteiger partial charge in [-0.25, -0.2) is 4.68 Å². The van der Waals surface area contributed by atoms with E-state index in [2.05, 4.69) is 15.1 Å². The number of methoxy groups -OCH3 is 1. The zero-order valence-electron chi connectivity index (χ0n) is 18.6. The maximum atomic E-state index is 12.7. The van der Waals surface area contributed by atoms with Gasteiger partial charge in [0.25, 0.3) is 0 Å². The topological polar surface area (TPSA) is 98.7 Å². The predicted octanol–water partition coefficient (Wildman–Crippen LogP) is 1.98. The Balaban J connectivity index is 1.21. The largest absolute Gasteiger partial charge is 0.497 e. The van der Waals surface area contributed by atoms with Crippen LogP contribution in [0.3, 0.4) is 0 Å². The van der Waals surface area contributed by atoms with Crippen LogP contribution in [0.2, 0.25) is 0 Å². The van der Waals surface area contributed by atoms with Crippen LogP contribution in [0.15, 0.2) is 59.8 Å². The summed E-state index contributed by atoms with van der Waals surface area (Å²) in [5, 5.41) is 8.83. The predicted molar refractivity (Wildman–Crippen MR) is 128 cm³/mol. The van der Waals surface area contributed by atoms with Crippen LogP contribution in [0.1, 0.15) is 0 Å². The number of rotatable bonds is 9. The molecule has 1 aliphatic rings. The molecular weight excluding hydrogens is 440 g/mol. The van der Waals surface area contributed by atoms with Gasteiger partial charge in [-0.2, -0.15) is 0 Å². The first-order chi connectivity index (χ1) is 16.1. The van der Waals surface area contributed by atoms with E-state index in [1.807, 2.05) is 59.5 Å². The molecule has 1 amide bonds. The Kier molecular flexibility index (Phi) is 7.69. The number of ether oxygens (including phenoxy) is 2. The van der Waals surface area contributed by atoms with E-state index < -0.39 is 0 Å². The molecule has 1 aliphatic heterocycles. The number of nitrogens with two attached hydrogens (primary N) is 1. The number of nitrogens with zero attached hydrogens (tertiary/aromatic N) is 5. The summed E-state index contributed by atoms with van der Waals surface area (Å²) >= 11 is 1.30. The van der Waals surface area contributed by atoms with E-state index in [1.165, 1.54) is 16.4 Å². The molecule has 2 N–H and O–H groups in total. The molecule has 0 bridgehead atoms. The van der Waals surface area contributed by atoms with Crippen LogP contribution in [0.5, 0.6) is 11.5 Å². The van der Waals surface area contributed by atoms with Gasteiger partial charge in [0.05, 0.1) is 12.9 Å². The Morgan fingerprint density at radius 2 is 1.73 bits per heavy atom. The lowest BCUT2D eigenvalue weighted by atomic mass is 10.2. The van der Waals surface area contributed by atoms with Crippen LogP contribution in [0, 0.1) is 0 Å². The molecule has 3 aromatic rings. The third kappa shape index (κ3) is 5.96. The van der Waals surface area contributed by atoms with E-state index in [-0.39, 0.29) is 11.7 Å². The van der Waals surface area contributed by atoms with Crippen molar-refractivity contribution in [2.45, 2.75) is 5.16 Å². The first kappa shape index (κ1) is 22.9. The molecule has 1 fully saturated rings. The molecule has 2 heterocycles. The summed E-state index contributed by atoms with van der Waals surface area (Å²) in [4.78, 5) is 16.9. The monoisotopic (exact) mass is 468 g/mol. The van der Waals surface area contributed by atoms with Crippen molar-refractivity contribution >= 4 is 17.7 Å². The Morgan fingerprint density at radius 1 is 1.00 bits per heavy atom. The van der Waals surface area contributed by atoms with E-state index in [4.69, 9.17) is 15.3 Å². The molecule has 4 rings (SSSR count). The van der Waals surface area contributed by atoms with E-state index in [9.17, 15) is 4.79 Å². The van der Waals surface area contributed by atoms with E-state index in [0.29, 0.717) is 30.7 Å². The minimum atomic E-state index is 0.0779. The van der Waals surface area contributed by atoms with Gasteiger partial charge in [0.2, 0.25) is 11.1 Å². The normalized spacial score (nSPS) is 14.3. The Hall–Kier alpha value is -3.24. The minimum absolute atomic E-state index is 0.0779. The lowest BCUT2D eigenvalue weighted by Gasteiger charge is -2.34. The van der Waals surface area contributed by atoms with Crippen molar-refractivity contribution in [2.75, 3.05) is 58.0 Å². The summed E-state index contributed by atoms with van der Waals surface area (Å²) in [7, 11) is 1.62. The highest BCUT2D eigenvalue weighted by Gasteiger charge is 2.22. The molecule has 1 aromatic heterocycles. The maximum absolute atomic E-state index is 12.7. The van der Waals surface area contributed by atoms with Crippen LogP contribution in [0.4, 0.5) is 0 Å². The van der Waals surface area contributed by atoms with Gasteiger partial charge in [-0.3, -0.25) is 9.69 Å². The second-order valence-electron chi connectivity index (χ2n) is 7.58. The summed E-state index contributed by atoms with van der Waals surface area (Å²) in [6.45, 7) is 4.56. The Labute approximate surface area is 197 Å². The quantitative estimate of drug-likeness (QED) is 0.376. The Morgan fingerprint density at radius 3 is 2.42 bits per heavy atom. The van der Waals surface area contributed by atoms with Crippen LogP contribution >= 0.6 is 11.8 Å². The van der Waals surface area contributed by atoms with Crippen molar-refractivity contribution in [3.05, 3.63) is 54.6 Å². The number of thioether (sulfide) groups is 1. The minimum Gasteiger partial charge on any atom is -0.497 e. The molecule has 10 heteroatoms. The molecule has 33 heavy (non-hydrogen) atoms. The van der Waals surface area contributed by atoms with Crippen molar-refractivity contribution < 1.29 is 14.3 Å². The number of benzene rings is 2. The number of piperazine rings is 1. The fourth-order valence-corrected chi connectivity index (χ4v) is 4.32. The summed E-state index contributed by atoms with van der Waals surface area (Å²) in [6, 6.07) is 17.2. The number of aromatic nitrogens is 3. The highest BCUT2D eigenvalue weighted by atomic mass is 32.2. The number of carbonyl (C=O) groups is 1. The summed E-state index contributed by atoms with van der Waals surface area (Å²) < 4.78 is 12.4. The highest BCUT2D eigenvalue weighted by molar-refractivity contribution is 7.99. The van der Waals surface area contributed by atoms with E-state index in [0.717, 1.165) is 36.7 Å². The highest BCUT2D eigenvalue weighted by Crippen LogP contribution is 2.24. The van der Waals surface area contributed by atoms with Gasteiger partial charge in [0.15, 0.2) is 5.82 Å². The number of carbonyl (C=O) groups excluding carboxylic acids is 1. The van der Waals surface area contributed by atoms with Crippen molar-refractivity contribution in [1.82, 2.24) is 24.7 Å². The summed E-state index contributed by atoms with van der Waals surface area (Å²) in [5.41, 5.74) is 0.830. The van der Waals surface area contributed by atoms with Gasteiger partial charge in [0, 0.05) is 38.3 Å². The van der Waals surface area contributed by atoms with Crippen molar-refractivity contribution in [1.29, 1.82) is 0 Å². The first-order valence-corrected chi connectivity index (χ1v) is 11.8. The van der Waals surface area contributed by atoms with Gasteiger partial charge in [-0.1, -0.05) is 30.0 Å². The van der Waals surface area contributed by atoms with Crippen molar-refractivity contribution in [2.24, 2.45) is 0 Å². The summed E-state index contributed by atoms with van der Waals surface area (Å²) in [5.74, 6) is 8.70. The van der Waals surface area contributed by atoms with Crippen molar-refractivity contribution in [3.8, 4) is 22.9 Å². The molecule has 1 saturated heterocycles. The van der Waals surface area contributed by atoms with Gasteiger partial charge in [0.1, 0.15) is 18.1 Å². The maximum Gasteiger partial charge on any atom is 0.233 e. The average molecular weight is 469 g/mol. The first-order valence-electron chi connectivity index (χ1n) is 10.8. The molecule has 0 saturated carbocycles. The smallest absolute Gasteiger partial charge is 0.233 e. The third-order valence-electron chi connectivity index (χ3n) is 5.48. The SMILES string of the molecule is COc1ccc(-c2nnc(SCC(=O)N3CCN(CCOc4ccccc4)CC3)n2N)cc1. The molecule has 0 spiro atoms. The molecular formula is C23H28N6O3S. The number of hydrogen-bond donors (Lipinski definition) is 1. The molecule has 0 atom stereocenters. The van der Waals surface area contributed by atoms with Gasteiger partial charge in [-0.15, -0.1) is 10.2 Å². The van der Waals surface area contributed by atoms with Gasteiger partial charge < -0.3 is 20.2 Å². The fraction of sp³-hybridized carbons (Fsp3) is 0.348. The van der Waals surface area contributed by atoms with Gasteiger partial charge >= 0.3 is 0 Å². The molecule has 174 valence electrons. The molecule has 2 aromatic carbocycles. The van der Waals surface area contributed by atoms with Crippen LogP contribution in [0.25, 0.3) is 11.4 Å². The standard InChI is InChI=1S/C23H28N6O3S/c1-31-19-9-7-18(8-10-19)22-25-26-23(29(22)24)33-17-21(30)28-13-11-27(12-14-28)15-16-32-20-5-3-2-4-6-20/h2-10H,11-17,24H2,1H3. The number of nitrogen functional groups attached to an aromatic ring is 1. The number of amides is 1. The molecule has 0 unspecified atom stereocenters. The van der Waals surface area contributed by atoms with Crippen molar-refractivity contribution in [3.63, 3.8) is 0 Å². The molecule has 0 radical (unpaired) electrons. The number of hydrogen-bond acceptors (Lipinski definition) is 8. The lowest BCUT2D eigenvalue weighted by molar-refractivity contribution is -0.130.